The van der Waals surface area contributed by atoms with Crippen LogP contribution in [0.5, 0.6) is 0 Å². The van der Waals surface area contributed by atoms with Crippen LogP contribution in [0.2, 0.25) is 0 Å². The predicted octanol–water partition coefficient (Wildman–Crippen LogP) is 0.594. The van der Waals surface area contributed by atoms with Gasteiger partial charge in [0.15, 0.2) is 0 Å². The Morgan fingerprint density at radius 1 is 1.50 bits per heavy atom. The van der Waals surface area contributed by atoms with E-state index in [-0.39, 0.29) is 18.0 Å². The second kappa shape index (κ2) is 5.67. The summed E-state index contributed by atoms with van der Waals surface area (Å²) in [5, 5.41) is 9.52. The molecule has 0 unspecified atom stereocenters. The van der Waals surface area contributed by atoms with Gasteiger partial charge in [0.05, 0.1) is 6.10 Å². The summed E-state index contributed by atoms with van der Waals surface area (Å²) in [7, 11) is 0. The van der Waals surface area contributed by atoms with Crippen LogP contribution in [0.15, 0.2) is 27.6 Å². The van der Waals surface area contributed by atoms with Gasteiger partial charge in [-0.2, -0.15) is 0 Å². The number of aromatic nitrogens is 1. The molecule has 2 heterocycles. The maximum absolute atomic E-state index is 12.0. The highest BCUT2D eigenvalue weighted by Gasteiger charge is 2.22. The Balaban J connectivity index is 2.06. The Hall–Kier alpha value is -1.14. The topological polar surface area (TPSA) is 62.5 Å². The van der Waals surface area contributed by atoms with Crippen LogP contribution in [0.4, 0.5) is 0 Å². The SMILES string of the molecule is O=C(Cn1cc(Br)ccc1=O)N1CCC[C@H](O)C1. The smallest absolute Gasteiger partial charge is 0.251 e. The summed E-state index contributed by atoms with van der Waals surface area (Å²) in [6, 6.07) is 3.07. The van der Waals surface area contributed by atoms with Crippen molar-refractivity contribution in [1.29, 1.82) is 0 Å². The van der Waals surface area contributed by atoms with Crippen LogP contribution in [-0.2, 0) is 11.3 Å². The maximum Gasteiger partial charge on any atom is 0.251 e. The molecule has 1 aromatic heterocycles. The third-order valence-electron chi connectivity index (χ3n) is 3.00. The fraction of sp³-hybridized carbons (Fsp3) is 0.500. The first-order chi connectivity index (χ1) is 8.56. The monoisotopic (exact) mass is 314 g/mol. The van der Waals surface area contributed by atoms with Gasteiger partial charge in [-0.05, 0) is 34.8 Å². The summed E-state index contributed by atoms with van der Waals surface area (Å²) >= 11 is 3.27. The maximum atomic E-state index is 12.0. The van der Waals surface area contributed by atoms with Gasteiger partial charge in [0.25, 0.3) is 5.56 Å². The first-order valence-corrected chi connectivity index (χ1v) is 6.67. The van der Waals surface area contributed by atoms with Crippen LogP contribution in [0, 0.1) is 0 Å². The Kier molecular flexibility index (Phi) is 4.19. The lowest BCUT2D eigenvalue weighted by Gasteiger charge is -2.30. The molecule has 0 aromatic carbocycles. The highest BCUT2D eigenvalue weighted by molar-refractivity contribution is 9.10. The van der Waals surface area contributed by atoms with Crippen molar-refractivity contribution in [3.8, 4) is 0 Å². The standard InChI is InChI=1S/C12H15BrN2O3/c13-9-3-4-11(17)15(6-9)8-12(18)14-5-1-2-10(16)7-14/h3-4,6,10,16H,1-2,5,7-8H2/t10-/m0/s1. The summed E-state index contributed by atoms with van der Waals surface area (Å²) in [6.45, 7) is 1.03. The number of β-amino-alcohol motifs (C(OH)–C–C–N with tert-alkyl or cyclic N) is 1. The summed E-state index contributed by atoms with van der Waals surface area (Å²) < 4.78 is 2.13. The zero-order valence-electron chi connectivity index (χ0n) is 9.88. The van der Waals surface area contributed by atoms with Gasteiger partial charge >= 0.3 is 0 Å². The van der Waals surface area contributed by atoms with Crippen molar-refractivity contribution in [2.24, 2.45) is 0 Å². The van der Waals surface area contributed by atoms with E-state index in [0.717, 1.165) is 17.3 Å². The van der Waals surface area contributed by atoms with E-state index < -0.39 is 6.10 Å². The van der Waals surface area contributed by atoms with Crippen molar-refractivity contribution in [2.75, 3.05) is 13.1 Å². The molecule has 1 aliphatic rings. The van der Waals surface area contributed by atoms with Crippen LogP contribution < -0.4 is 5.56 Å². The second-order valence-electron chi connectivity index (χ2n) is 4.45. The lowest BCUT2D eigenvalue weighted by Crippen LogP contribution is -2.44. The predicted molar refractivity (Wildman–Crippen MR) is 70.2 cm³/mol. The van der Waals surface area contributed by atoms with Gasteiger partial charge in [-0.15, -0.1) is 0 Å². The fourth-order valence-corrected chi connectivity index (χ4v) is 2.43. The quantitative estimate of drug-likeness (QED) is 0.869. The average Bonchev–Trinajstić information content (AvgIpc) is 2.34. The number of likely N-dealkylation sites (tertiary alicyclic amines) is 1. The lowest BCUT2D eigenvalue weighted by atomic mass is 10.1. The first-order valence-electron chi connectivity index (χ1n) is 5.88. The minimum Gasteiger partial charge on any atom is -0.391 e. The van der Waals surface area contributed by atoms with Crippen LogP contribution in [0.1, 0.15) is 12.8 Å². The van der Waals surface area contributed by atoms with Crippen molar-refractivity contribution < 1.29 is 9.90 Å². The van der Waals surface area contributed by atoms with E-state index >= 15 is 0 Å². The Labute approximate surface area is 113 Å². The minimum absolute atomic E-state index is 0.0188. The van der Waals surface area contributed by atoms with E-state index in [4.69, 9.17) is 0 Å². The number of rotatable bonds is 2. The molecule has 1 N–H and O–H groups in total. The van der Waals surface area contributed by atoms with Crippen molar-refractivity contribution in [3.05, 3.63) is 33.2 Å². The van der Waals surface area contributed by atoms with Crippen LogP contribution >= 0.6 is 15.9 Å². The third-order valence-corrected chi connectivity index (χ3v) is 3.47. The molecule has 1 aromatic rings. The molecule has 0 aliphatic carbocycles. The normalized spacial score (nSPS) is 19.9. The van der Waals surface area contributed by atoms with E-state index in [9.17, 15) is 14.7 Å². The Morgan fingerprint density at radius 2 is 2.28 bits per heavy atom. The molecule has 1 amide bonds. The molecule has 6 heteroatoms. The summed E-state index contributed by atoms with van der Waals surface area (Å²) in [6.07, 6.45) is 2.70. The van der Waals surface area contributed by atoms with E-state index in [2.05, 4.69) is 15.9 Å². The van der Waals surface area contributed by atoms with E-state index in [0.29, 0.717) is 13.1 Å². The van der Waals surface area contributed by atoms with Gasteiger partial charge in [-0.3, -0.25) is 9.59 Å². The molecule has 5 nitrogen and oxygen atoms in total. The molecular weight excluding hydrogens is 300 g/mol. The molecule has 2 rings (SSSR count). The van der Waals surface area contributed by atoms with Crippen molar-refractivity contribution >= 4 is 21.8 Å². The molecule has 1 atom stereocenters. The largest absolute Gasteiger partial charge is 0.391 e. The molecular formula is C12H15BrN2O3. The van der Waals surface area contributed by atoms with Crippen molar-refractivity contribution in [3.63, 3.8) is 0 Å². The number of amides is 1. The van der Waals surface area contributed by atoms with Crippen molar-refractivity contribution in [2.45, 2.75) is 25.5 Å². The average molecular weight is 315 g/mol. The molecule has 0 bridgehead atoms. The summed E-state index contributed by atoms with van der Waals surface area (Å²) in [5.74, 6) is -0.131. The highest BCUT2D eigenvalue weighted by Crippen LogP contribution is 2.11. The second-order valence-corrected chi connectivity index (χ2v) is 5.36. The van der Waals surface area contributed by atoms with Gasteiger partial charge in [-0.1, -0.05) is 0 Å². The fourth-order valence-electron chi connectivity index (χ4n) is 2.05. The molecule has 0 spiro atoms. The van der Waals surface area contributed by atoms with Gasteiger partial charge in [0.1, 0.15) is 6.54 Å². The number of carbonyl (C=O) groups is 1. The number of aliphatic hydroxyl groups excluding tert-OH is 1. The van der Waals surface area contributed by atoms with Gasteiger partial charge in [0.2, 0.25) is 5.91 Å². The molecule has 0 saturated carbocycles. The number of piperidine rings is 1. The number of aliphatic hydroxyl groups is 1. The Morgan fingerprint density at radius 3 is 3.00 bits per heavy atom. The van der Waals surface area contributed by atoms with Crippen LogP contribution in [0.25, 0.3) is 0 Å². The molecule has 1 fully saturated rings. The third kappa shape index (κ3) is 3.20. The van der Waals surface area contributed by atoms with Crippen LogP contribution in [-0.4, -0.2) is 39.7 Å². The van der Waals surface area contributed by atoms with E-state index in [1.807, 2.05) is 0 Å². The number of nitrogens with zero attached hydrogens (tertiary/aromatic N) is 2. The van der Waals surface area contributed by atoms with Gasteiger partial charge in [0, 0.05) is 29.8 Å². The number of hydrogen-bond donors (Lipinski definition) is 1. The number of carbonyl (C=O) groups excluding carboxylic acids is 1. The molecule has 18 heavy (non-hydrogen) atoms. The number of hydrogen-bond acceptors (Lipinski definition) is 3. The lowest BCUT2D eigenvalue weighted by molar-refractivity contribution is -0.134. The zero-order valence-corrected chi connectivity index (χ0v) is 11.5. The number of pyridine rings is 1. The zero-order chi connectivity index (χ0) is 13.1. The molecule has 0 radical (unpaired) electrons. The summed E-state index contributed by atoms with van der Waals surface area (Å²) in [4.78, 5) is 25.2. The summed E-state index contributed by atoms with van der Waals surface area (Å²) in [5.41, 5.74) is -0.205. The minimum atomic E-state index is -0.443. The molecule has 1 aliphatic heterocycles. The Bertz CT molecular complexity index is 500. The van der Waals surface area contributed by atoms with Gasteiger partial charge in [-0.25, -0.2) is 0 Å². The molecule has 98 valence electrons. The highest BCUT2D eigenvalue weighted by atomic mass is 79.9. The van der Waals surface area contributed by atoms with Gasteiger partial charge < -0.3 is 14.6 Å². The number of halogens is 1. The van der Waals surface area contributed by atoms with E-state index in [1.165, 1.54) is 10.6 Å². The van der Waals surface area contributed by atoms with Crippen LogP contribution in [0.3, 0.4) is 0 Å². The first kappa shape index (κ1) is 13.3. The van der Waals surface area contributed by atoms with E-state index in [1.54, 1.807) is 17.2 Å². The van der Waals surface area contributed by atoms with Crippen molar-refractivity contribution in [1.82, 2.24) is 9.47 Å². The molecule has 1 saturated heterocycles.